The molecule has 0 aliphatic carbocycles. The minimum absolute atomic E-state index is 0.0354. The smallest absolute Gasteiger partial charge is 0.322 e. The zero-order chi connectivity index (χ0) is 29.2. The number of ether oxygens (including phenoxy) is 1. The summed E-state index contributed by atoms with van der Waals surface area (Å²) in [6.07, 6.45) is 0. The molecule has 0 unspecified atom stereocenters. The van der Waals surface area contributed by atoms with Gasteiger partial charge in [0.1, 0.15) is 15.5 Å². The van der Waals surface area contributed by atoms with E-state index < -0.39 is 35.9 Å². The fraction of sp³-hybridized carbons (Fsp3) is 0.0909. The largest absolute Gasteiger partial charge is 0.467 e. The van der Waals surface area contributed by atoms with Crippen LogP contribution >= 0.6 is 11.6 Å². The molecule has 0 atom stereocenters. The zero-order valence-electron chi connectivity index (χ0n) is 20.4. The van der Waals surface area contributed by atoms with Crippen molar-refractivity contribution in [2.24, 2.45) is 10.2 Å². The van der Waals surface area contributed by atoms with Crippen molar-refractivity contribution in [1.29, 1.82) is 0 Å². The molecule has 40 heavy (non-hydrogen) atoms. The van der Waals surface area contributed by atoms with E-state index in [0.29, 0.717) is 5.69 Å². The molecule has 18 heteroatoms. The Morgan fingerprint density at radius 3 is 2.30 bits per heavy atom. The summed E-state index contributed by atoms with van der Waals surface area (Å²) >= 11 is 5.86. The van der Waals surface area contributed by atoms with Crippen molar-refractivity contribution < 1.29 is 35.5 Å². The molecule has 0 aliphatic rings. The molecule has 0 saturated carbocycles. The average molecular weight is 608 g/mol. The number of fused-ring (bicyclic) bond motifs is 1. The lowest BCUT2D eigenvalue weighted by molar-refractivity contribution is -0.114. The van der Waals surface area contributed by atoms with Crippen molar-refractivity contribution in [1.82, 2.24) is 15.0 Å². The number of azo groups is 1. The number of halogens is 1. The first-order valence-corrected chi connectivity index (χ1v) is 14.1. The first-order valence-electron chi connectivity index (χ1n) is 10.8. The Balaban J connectivity index is 1.79. The molecule has 1 amide bonds. The van der Waals surface area contributed by atoms with Gasteiger partial charge in [-0.25, -0.2) is 0 Å². The highest BCUT2D eigenvalue weighted by atomic mass is 35.5. The van der Waals surface area contributed by atoms with Crippen LogP contribution in [-0.4, -0.2) is 53.9 Å². The molecule has 0 fully saturated rings. The van der Waals surface area contributed by atoms with Gasteiger partial charge in [0.25, 0.3) is 20.2 Å². The van der Waals surface area contributed by atoms with Crippen molar-refractivity contribution >= 4 is 77.2 Å². The van der Waals surface area contributed by atoms with E-state index in [9.17, 15) is 30.7 Å². The van der Waals surface area contributed by atoms with E-state index >= 15 is 0 Å². The monoisotopic (exact) mass is 607 g/mol. The van der Waals surface area contributed by atoms with Crippen LogP contribution in [0.4, 0.5) is 28.7 Å². The van der Waals surface area contributed by atoms with Crippen LogP contribution in [-0.2, 0) is 25.0 Å². The molecule has 3 aromatic carbocycles. The summed E-state index contributed by atoms with van der Waals surface area (Å²) in [5.74, 6) is -0.404. The fourth-order valence-corrected chi connectivity index (χ4v) is 5.09. The Kier molecular flexibility index (Phi) is 7.94. The zero-order valence-corrected chi connectivity index (χ0v) is 22.8. The van der Waals surface area contributed by atoms with Gasteiger partial charge in [-0.1, -0.05) is 12.1 Å². The minimum Gasteiger partial charge on any atom is -0.467 e. The second-order valence-corrected chi connectivity index (χ2v) is 11.0. The number of aromatic nitrogens is 3. The third-order valence-electron chi connectivity index (χ3n) is 5.07. The Morgan fingerprint density at radius 1 is 0.925 bits per heavy atom. The van der Waals surface area contributed by atoms with Gasteiger partial charge in [-0.05, 0) is 48.0 Å². The molecule has 0 bridgehead atoms. The Hall–Kier alpha value is -4.29. The second kappa shape index (κ2) is 11.1. The number of nitrogens with zero attached hydrogens (tertiary/aromatic N) is 5. The van der Waals surface area contributed by atoms with E-state index in [1.54, 1.807) is 0 Å². The SMILES string of the molecule is COc1nc(Cl)nc(Nc2ccc(N=Nc3cc(S(=O)(=O)O)c4cccc(S(=O)(=O)O)c4c3)c(NC(C)=O)c2)n1. The third-order valence-corrected chi connectivity index (χ3v) is 7.04. The van der Waals surface area contributed by atoms with E-state index in [2.05, 4.69) is 35.8 Å². The highest BCUT2D eigenvalue weighted by Gasteiger charge is 2.21. The van der Waals surface area contributed by atoms with Gasteiger partial charge in [-0.3, -0.25) is 13.9 Å². The fourth-order valence-electron chi connectivity index (χ4n) is 3.52. The molecule has 15 nitrogen and oxygen atoms in total. The number of benzene rings is 3. The maximum atomic E-state index is 12.0. The summed E-state index contributed by atoms with van der Waals surface area (Å²) in [4.78, 5) is 22.3. The average Bonchev–Trinajstić information content (AvgIpc) is 2.85. The first kappa shape index (κ1) is 28.7. The van der Waals surface area contributed by atoms with E-state index in [4.69, 9.17) is 16.3 Å². The van der Waals surface area contributed by atoms with Crippen LogP contribution in [0.3, 0.4) is 0 Å². The number of rotatable bonds is 8. The van der Waals surface area contributed by atoms with Crippen LogP contribution in [0.5, 0.6) is 6.01 Å². The molecule has 4 N–H and O–H groups in total. The number of methoxy groups -OCH3 is 1. The topological polar surface area (TPSA) is 222 Å². The second-order valence-electron chi connectivity index (χ2n) is 7.90. The number of anilines is 3. The van der Waals surface area contributed by atoms with Gasteiger partial charge < -0.3 is 15.4 Å². The van der Waals surface area contributed by atoms with E-state index in [0.717, 1.165) is 12.1 Å². The maximum absolute atomic E-state index is 12.0. The van der Waals surface area contributed by atoms with Gasteiger partial charge in [0.05, 0.1) is 18.5 Å². The van der Waals surface area contributed by atoms with Gasteiger partial charge in [-0.15, -0.1) is 5.11 Å². The lowest BCUT2D eigenvalue weighted by atomic mass is 10.1. The van der Waals surface area contributed by atoms with Crippen LogP contribution in [0, 0.1) is 0 Å². The molecule has 0 saturated heterocycles. The van der Waals surface area contributed by atoms with Gasteiger partial charge in [-0.2, -0.15) is 36.9 Å². The first-order chi connectivity index (χ1) is 18.7. The van der Waals surface area contributed by atoms with E-state index in [1.165, 1.54) is 50.4 Å². The van der Waals surface area contributed by atoms with Crippen LogP contribution in [0.2, 0.25) is 5.28 Å². The van der Waals surface area contributed by atoms with Crippen LogP contribution < -0.4 is 15.4 Å². The number of amides is 1. The predicted octanol–water partition coefficient (Wildman–Crippen LogP) is 4.30. The van der Waals surface area contributed by atoms with Crippen molar-refractivity contribution in [3.05, 3.63) is 53.8 Å². The molecule has 0 aliphatic heterocycles. The number of carbonyl (C=O) groups excluding carboxylic acids is 1. The molecule has 4 rings (SSSR count). The van der Waals surface area contributed by atoms with Crippen LogP contribution in [0.1, 0.15) is 6.92 Å². The van der Waals surface area contributed by atoms with Gasteiger partial charge >= 0.3 is 6.01 Å². The lowest BCUT2D eigenvalue weighted by Gasteiger charge is -2.11. The Labute approximate surface area is 231 Å². The van der Waals surface area contributed by atoms with Crippen molar-refractivity contribution in [3.8, 4) is 6.01 Å². The summed E-state index contributed by atoms with van der Waals surface area (Å²) < 4.78 is 72.2. The Bertz CT molecular complexity index is 1900. The van der Waals surface area contributed by atoms with Crippen LogP contribution in [0.25, 0.3) is 10.8 Å². The highest BCUT2D eigenvalue weighted by molar-refractivity contribution is 7.86. The van der Waals surface area contributed by atoms with Gasteiger partial charge in [0.15, 0.2) is 0 Å². The highest BCUT2D eigenvalue weighted by Crippen LogP contribution is 2.35. The maximum Gasteiger partial charge on any atom is 0.322 e. The number of nitrogens with one attached hydrogen (secondary N) is 2. The van der Waals surface area contributed by atoms with Gasteiger partial charge in [0, 0.05) is 23.4 Å². The molecule has 0 radical (unpaired) electrons. The quantitative estimate of drug-likeness (QED) is 0.162. The van der Waals surface area contributed by atoms with Crippen molar-refractivity contribution in [3.63, 3.8) is 0 Å². The number of carbonyl (C=O) groups is 1. The summed E-state index contributed by atoms with van der Waals surface area (Å²) in [5.41, 5.74) is 0.495. The summed E-state index contributed by atoms with van der Waals surface area (Å²) in [6.45, 7) is 1.26. The molecular formula is C22H18ClN7O8S2. The third kappa shape index (κ3) is 6.64. The molecule has 0 spiro atoms. The van der Waals surface area contributed by atoms with Crippen molar-refractivity contribution in [2.45, 2.75) is 16.7 Å². The molecule has 1 aromatic heterocycles. The minimum atomic E-state index is -4.84. The normalized spacial score (nSPS) is 12.0. The number of hydrogen-bond donors (Lipinski definition) is 4. The van der Waals surface area contributed by atoms with E-state index in [1.807, 2.05) is 0 Å². The summed E-state index contributed by atoms with van der Waals surface area (Å²) in [5, 5.41) is 13.0. The lowest BCUT2D eigenvalue weighted by Crippen LogP contribution is -2.07. The predicted molar refractivity (Wildman–Crippen MR) is 143 cm³/mol. The number of hydrogen-bond acceptors (Lipinski definition) is 12. The molecule has 208 valence electrons. The van der Waals surface area contributed by atoms with Gasteiger partial charge in [0.2, 0.25) is 17.1 Å². The van der Waals surface area contributed by atoms with Crippen LogP contribution in [0.15, 0.2) is 68.6 Å². The molecule has 1 heterocycles. The summed E-state index contributed by atoms with van der Waals surface area (Å²) in [6, 6.07) is 10.1. The Morgan fingerprint density at radius 2 is 1.65 bits per heavy atom. The standard InChI is InChI=1S/C22H18ClN7O8S2/c1-11(31)24-17-9-12(25-21-26-20(23)27-22(28-21)38-2)6-7-16(17)30-29-13-8-15-14(19(10-13)40(35,36)37)4-3-5-18(15)39(32,33)34/h3-10H,1-2H3,(H,24,31)(H,32,33,34)(H,35,36,37)(H,25,26,27,28). The molecular weight excluding hydrogens is 590 g/mol. The molecule has 4 aromatic rings. The van der Waals surface area contributed by atoms with E-state index in [-0.39, 0.29) is 45.1 Å². The summed E-state index contributed by atoms with van der Waals surface area (Å²) in [7, 11) is -8.26. The van der Waals surface area contributed by atoms with Crippen molar-refractivity contribution in [2.75, 3.05) is 17.7 Å².